The van der Waals surface area contributed by atoms with Gasteiger partial charge in [0.05, 0.1) is 11.8 Å². The van der Waals surface area contributed by atoms with Crippen molar-refractivity contribution in [2.24, 2.45) is 11.1 Å². The van der Waals surface area contributed by atoms with E-state index >= 15 is 0 Å². The Balaban J connectivity index is 4.03. The van der Waals surface area contributed by atoms with Gasteiger partial charge < -0.3 is 10.3 Å². The molecule has 3 nitrogen and oxygen atoms in total. The minimum atomic E-state index is -0.576. The van der Waals surface area contributed by atoms with E-state index in [0.29, 0.717) is 12.1 Å². The van der Waals surface area contributed by atoms with Gasteiger partial charge in [-0.15, -0.1) is 0 Å². The molecule has 3 heteroatoms. The molecule has 0 radical (unpaired) electrons. The van der Waals surface area contributed by atoms with E-state index in [1.807, 2.05) is 6.92 Å². The maximum Gasteiger partial charge on any atom is 0.0979 e. The fourth-order valence-electron chi connectivity index (χ4n) is 1.83. The molecule has 2 atom stereocenters. The predicted octanol–water partition coefficient (Wildman–Crippen LogP) is 3.58. The van der Waals surface area contributed by atoms with Crippen LogP contribution in [-0.2, 0) is 0 Å². The third kappa shape index (κ3) is 6.11. The van der Waals surface area contributed by atoms with E-state index in [4.69, 9.17) is 5.21 Å². The molecule has 0 saturated carbocycles. The van der Waals surface area contributed by atoms with Crippen LogP contribution in [0.4, 0.5) is 0 Å². The highest BCUT2D eigenvalue weighted by Crippen LogP contribution is 2.16. The van der Waals surface area contributed by atoms with Crippen molar-refractivity contribution in [2.45, 2.75) is 71.8 Å². The van der Waals surface area contributed by atoms with Crippen molar-refractivity contribution in [1.29, 1.82) is 0 Å². The molecule has 2 N–H and O–H groups in total. The van der Waals surface area contributed by atoms with Crippen molar-refractivity contribution < 1.29 is 10.3 Å². The van der Waals surface area contributed by atoms with Crippen molar-refractivity contribution in [3.05, 3.63) is 0 Å². The molecule has 0 aromatic rings. The lowest BCUT2D eigenvalue weighted by Crippen LogP contribution is -2.28. The lowest BCUT2D eigenvalue weighted by Gasteiger charge is -2.19. The van der Waals surface area contributed by atoms with Gasteiger partial charge in [0.2, 0.25) is 0 Å². The van der Waals surface area contributed by atoms with Crippen molar-refractivity contribution in [2.75, 3.05) is 0 Å². The van der Waals surface area contributed by atoms with Gasteiger partial charge in [0.1, 0.15) is 0 Å². The van der Waals surface area contributed by atoms with Crippen LogP contribution < -0.4 is 0 Å². The number of oxime groups is 1. The molecule has 0 rings (SSSR count). The van der Waals surface area contributed by atoms with Crippen molar-refractivity contribution in [3.8, 4) is 0 Å². The van der Waals surface area contributed by atoms with Gasteiger partial charge in [-0.25, -0.2) is 0 Å². The summed E-state index contributed by atoms with van der Waals surface area (Å²) < 4.78 is 0. The summed E-state index contributed by atoms with van der Waals surface area (Å²) in [4.78, 5) is 0. The fraction of sp³-hybridized carbons (Fsp3) is 0.923. The maximum atomic E-state index is 10.0. The van der Waals surface area contributed by atoms with Gasteiger partial charge in [-0.3, -0.25) is 0 Å². The fourth-order valence-corrected chi connectivity index (χ4v) is 1.83. The molecule has 96 valence electrons. The van der Waals surface area contributed by atoms with Crippen molar-refractivity contribution in [3.63, 3.8) is 0 Å². The predicted molar refractivity (Wildman–Crippen MR) is 68.1 cm³/mol. The van der Waals surface area contributed by atoms with Crippen LogP contribution in [0.2, 0.25) is 0 Å². The Morgan fingerprint density at radius 3 is 2.25 bits per heavy atom. The van der Waals surface area contributed by atoms with E-state index in [2.05, 4.69) is 19.0 Å². The summed E-state index contributed by atoms with van der Waals surface area (Å²) in [6.07, 6.45) is 6.63. The topological polar surface area (TPSA) is 52.8 Å². The standard InChI is InChI=1S/C13H27NO2/c1-4-6-8-10-12(14-16)13(15)11(3)9-7-5-2/h11,13,15-16H,4-10H2,1-3H3/b14-12-. The number of aliphatic hydroxyl groups excluding tert-OH is 1. The maximum absolute atomic E-state index is 10.0. The summed E-state index contributed by atoms with van der Waals surface area (Å²) in [5.74, 6) is 0.187. The number of rotatable bonds is 9. The second kappa shape index (κ2) is 9.64. The van der Waals surface area contributed by atoms with Crippen molar-refractivity contribution >= 4 is 5.71 Å². The number of hydrogen-bond donors (Lipinski definition) is 2. The van der Waals surface area contributed by atoms with E-state index in [-0.39, 0.29) is 5.92 Å². The number of unbranched alkanes of at least 4 members (excludes halogenated alkanes) is 3. The zero-order chi connectivity index (χ0) is 12.4. The summed E-state index contributed by atoms with van der Waals surface area (Å²) in [6.45, 7) is 6.29. The Labute approximate surface area is 99.6 Å². The molecular formula is C13H27NO2. The quantitative estimate of drug-likeness (QED) is 0.275. The number of hydrogen-bond acceptors (Lipinski definition) is 3. The zero-order valence-electron chi connectivity index (χ0n) is 10.9. The summed E-state index contributed by atoms with van der Waals surface area (Å²) in [6, 6.07) is 0. The molecule has 0 saturated heterocycles. The Morgan fingerprint density at radius 2 is 1.75 bits per heavy atom. The Kier molecular flexibility index (Phi) is 9.30. The van der Waals surface area contributed by atoms with Gasteiger partial charge in [0.15, 0.2) is 0 Å². The molecule has 0 heterocycles. The lowest BCUT2D eigenvalue weighted by atomic mass is 9.92. The second-order valence-corrected chi connectivity index (χ2v) is 4.61. The van der Waals surface area contributed by atoms with Crippen LogP contribution >= 0.6 is 0 Å². The molecule has 2 unspecified atom stereocenters. The highest BCUT2D eigenvalue weighted by atomic mass is 16.4. The first-order chi connectivity index (χ1) is 7.67. The average molecular weight is 229 g/mol. The summed E-state index contributed by atoms with van der Waals surface area (Å²) >= 11 is 0. The smallest absolute Gasteiger partial charge is 0.0979 e. The number of aliphatic hydroxyl groups is 1. The van der Waals surface area contributed by atoms with Crippen LogP contribution in [0.5, 0.6) is 0 Å². The summed E-state index contributed by atoms with van der Waals surface area (Å²) in [5.41, 5.74) is 0.553. The third-order valence-corrected chi connectivity index (χ3v) is 3.06. The van der Waals surface area contributed by atoms with Gasteiger partial charge in [-0.1, -0.05) is 51.6 Å². The van der Waals surface area contributed by atoms with Crippen LogP contribution in [0, 0.1) is 5.92 Å². The third-order valence-electron chi connectivity index (χ3n) is 3.06. The van der Waals surface area contributed by atoms with E-state index in [1.165, 1.54) is 0 Å². The first-order valence-electron chi connectivity index (χ1n) is 6.56. The van der Waals surface area contributed by atoms with Gasteiger partial charge >= 0.3 is 0 Å². The van der Waals surface area contributed by atoms with Gasteiger partial charge in [-0.2, -0.15) is 0 Å². The highest BCUT2D eigenvalue weighted by Gasteiger charge is 2.19. The van der Waals surface area contributed by atoms with E-state index < -0.39 is 6.10 Å². The molecule has 0 aliphatic rings. The Hall–Kier alpha value is -0.570. The Bertz CT molecular complexity index is 192. The van der Waals surface area contributed by atoms with Crippen molar-refractivity contribution in [1.82, 2.24) is 0 Å². The second-order valence-electron chi connectivity index (χ2n) is 4.61. The monoisotopic (exact) mass is 229 g/mol. The van der Waals surface area contributed by atoms with Crippen LogP contribution in [0.25, 0.3) is 0 Å². The number of nitrogens with zero attached hydrogens (tertiary/aromatic N) is 1. The molecule has 16 heavy (non-hydrogen) atoms. The van der Waals surface area contributed by atoms with Gasteiger partial charge in [0.25, 0.3) is 0 Å². The van der Waals surface area contributed by atoms with Gasteiger partial charge in [-0.05, 0) is 25.2 Å². The van der Waals surface area contributed by atoms with Crippen LogP contribution in [0.3, 0.4) is 0 Å². The molecule has 0 aliphatic heterocycles. The molecule has 0 fully saturated rings. The molecule has 0 bridgehead atoms. The van der Waals surface area contributed by atoms with E-state index in [0.717, 1.165) is 38.5 Å². The zero-order valence-corrected chi connectivity index (χ0v) is 10.9. The van der Waals surface area contributed by atoms with Crippen LogP contribution in [-0.4, -0.2) is 22.1 Å². The molecule has 0 aromatic carbocycles. The lowest BCUT2D eigenvalue weighted by molar-refractivity contribution is 0.164. The summed E-state index contributed by atoms with van der Waals surface area (Å²) in [5, 5.41) is 22.2. The minimum Gasteiger partial charge on any atom is -0.411 e. The molecule has 0 amide bonds. The molecular weight excluding hydrogens is 202 g/mol. The molecule has 0 aliphatic carbocycles. The highest BCUT2D eigenvalue weighted by molar-refractivity contribution is 5.88. The van der Waals surface area contributed by atoms with E-state index in [9.17, 15) is 5.11 Å². The minimum absolute atomic E-state index is 0.187. The first-order valence-corrected chi connectivity index (χ1v) is 6.56. The van der Waals surface area contributed by atoms with Crippen LogP contribution in [0.1, 0.15) is 65.7 Å². The largest absolute Gasteiger partial charge is 0.411 e. The van der Waals surface area contributed by atoms with E-state index in [1.54, 1.807) is 0 Å². The first kappa shape index (κ1) is 15.4. The molecule has 0 spiro atoms. The normalized spacial score (nSPS) is 16.1. The van der Waals surface area contributed by atoms with Gasteiger partial charge in [0, 0.05) is 0 Å². The Morgan fingerprint density at radius 1 is 1.12 bits per heavy atom. The molecule has 0 aromatic heterocycles. The summed E-state index contributed by atoms with van der Waals surface area (Å²) in [7, 11) is 0. The average Bonchev–Trinajstić information content (AvgIpc) is 2.31. The van der Waals surface area contributed by atoms with Crippen LogP contribution in [0.15, 0.2) is 5.16 Å². The SMILES string of the molecule is CCCCC/C(=N/O)C(O)C(C)CCCC.